The first-order valence-corrected chi connectivity index (χ1v) is 9.60. The van der Waals surface area contributed by atoms with Gasteiger partial charge in [0.2, 0.25) is 5.88 Å². The van der Waals surface area contributed by atoms with Crippen LogP contribution in [0.2, 0.25) is 0 Å². The Labute approximate surface area is 166 Å². The molecule has 3 rings (SSSR count). The van der Waals surface area contributed by atoms with E-state index in [2.05, 4.69) is 31.0 Å². The second-order valence-electron chi connectivity index (χ2n) is 7.78. The molecule has 1 aromatic carbocycles. The number of aromatic nitrogens is 1. The molecule has 5 heteroatoms. The summed E-state index contributed by atoms with van der Waals surface area (Å²) < 4.78 is 5.55. The number of ether oxygens (including phenoxy) is 1. The molecule has 1 heterocycles. The lowest BCUT2D eigenvalue weighted by Gasteiger charge is -2.25. The zero-order valence-electron chi connectivity index (χ0n) is 16.8. The van der Waals surface area contributed by atoms with Crippen molar-refractivity contribution < 1.29 is 9.84 Å². The van der Waals surface area contributed by atoms with Crippen LogP contribution in [-0.4, -0.2) is 17.2 Å². The van der Waals surface area contributed by atoms with E-state index in [1.807, 2.05) is 6.92 Å². The van der Waals surface area contributed by atoms with Crippen LogP contribution in [0.1, 0.15) is 77.8 Å². The minimum atomic E-state index is -0.956. The number of aryl methyl sites for hydroxylation is 1. The maximum Gasteiger partial charge on any atom is 0.217 e. The molecule has 1 N–H and O–H groups in total. The predicted molar refractivity (Wildman–Crippen MR) is 106 cm³/mol. The van der Waals surface area contributed by atoms with Gasteiger partial charge in [0.25, 0.3) is 0 Å². The molecule has 1 aliphatic carbocycles. The molecule has 28 heavy (non-hydrogen) atoms. The van der Waals surface area contributed by atoms with Crippen LogP contribution in [0.3, 0.4) is 0 Å². The third-order valence-electron chi connectivity index (χ3n) is 5.31. The first-order valence-electron chi connectivity index (χ1n) is 9.60. The minimum Gasteiger partial charge on any atom is -0.481 e. The van der Waals surface area contributed by atoms with Gasteiger partial charge in [-0.25, -0.2) is 4.98 Å². The molecule has 1 aliphatic rings. The molecule has 2 aromatic rings. The molecule has 5 nitrogen and oxygen atoms in total. The Hall–Kier alpha value is -2.89. The molecular weight excluding hydrogens is 350 g/mol. The van der Waals surface area contributed by atoms with Gasteiger partial charge in [-0.15, -0.1) is 0 Å². The zero-order chi connectivity index (χ0) is 20.4. The van der Waals surface area contributed by atoms with Crippen LogP contribution in [0.4, 0.5) is 0 Å². The normalized spacial score (nSPS) is 14.4. The summed E-state index contributed by atoms with van der Waals surface area (Å²) in [6.45, 7) is 6.06. The standard InChI is InChI=1S/C23H25N3O2/c1-13(2)20-21(19(10-15-5-6-15)14(3)26-23(20)28-4)22(27)18-8-16(11-24)7-17(9-18)12-25/h7-9,13,15,22,27H,5-6,10H2,1-4H3. The van der Waals surface area contributed by atoms with Gasteiger partial charge in [-0.05, 0) is 72.9 Å². The molecule has 0 radical (unpaired) electrons. The largest absolute Gasteiger partial charge is 0.481 e. The number of nitrogens with zero attached hydrogens (tertiary/aromatic N) is 3. The lowest BCUT2D eigenvalue weighted by atomic mass is 9.85. The highest BCUT2D eigenvalue weighted by atomic mass is 16.5. The van der Waals surface area contributed by atoms with Crippen molar-refractivity contribution in [3.8, 4) is 18.0 Å². The van der Waals surface area contributed by atoms with Crippen LogP contribution in [0.15, 0.2) is 18.2 Å². The maximum atomic E-state index is 11.4. The van der Waals surface area contributed by atoms with Crippen LogP contribution in [-0.2, 0) is 6.42 Å². The van der Waals surface area contributed by atoms with Crippen LogP contribution in [0.5, 0.6) is 5.88 Å². The number of benzene rings is 1. The molecule has 0 aliphatic heterocycles. The van der Waals surface area contributed by atoms with Crippen molar-refractivity contribution in [1.82, 2.24) is 4.98 Å². The number of rotatable bonds is 6. The fraction of sp³-hybridized carbons (Fsp3) is 0.435. The van der Waals surface area contributed by atoms with Gasteiger partial charge < -0.3 is 9.84 Å². The molecular formula is C23H25N3O2. The fourth-order valence-corrected chi connectivity index (χ4v) is 3.75. The van der Waals surface area contributed by atoms with Crippen molar-refractivity contribution in [3.05, 3.63) is 57.3 Å². The van der Waals surface area contributed by atoms with Gasteiger partial charge in [0.1, 0.15) is 6.10 Å². The molecule has 144 valence electrons. The highest BCUT2D eigenvalue weighted by Crippen LogP contribution is 2.42. The minimum absolute atomic E-state index is 0.0974. The van der Waals surface area contributed by atoms with E-state index < -0.39 is 6.10 Å². The average Bonchev–Trinajstić information content (AvgIpc) is 3.51. The van der Waals surface area contributed by atoms with Crippen molar-refractivity contribution in [2.75, 3.05) is 7.11 Å². The third-order valence-corrected chi connectivity index (χ3v) is 5.31. The van der Waals surface area contributed by atoms with Crippen molar-refractivity contribution in [3.63, 3.8) is 0 Å². The SMILES string of the molecule is COc1nc(C)c(CC2CC2)c(C(O)c2cc(C#N)cc(C#N)c2)c1C(C)C. The number of methoxy groups -OCH3 is 1. The van der Waals surface area contributed by atoms with Crippen molar-refractivity contribution in [1.29, 1.82) is 10.5 Å². The Balaban J connectivity index is 2.25. The highest BCUT2D eigenvalue weighted by Gasteiger charge is 2.30. The smallest absolute Gasteiger partial charge is 0.217 e. The van der Waals surface area contributed by atoms with E-state index in [0.717, 1.165) is 28.8 Å². The van der Waals surface area contributed by atoms with Gasteiger partial charge in [0.15, 0.2) is 0 Å². The van der Waals surface area contributed by atoms with E-state index in [0.29, 0.717) is 28.5 Å². The first-order chi connectivity index (χ1) is 13.4. The molecule has 1 unspecified atom stereocenters. The first kappa shape index (κ1) is 19.9. The molecule has 1 atom stereocenters. The zero-order valence-corrected chi connectivity index (χ0v) is 16.8. The monoisotopic (exact) mass is 375 g/mol. The quantitative estimate of drug-likeness (QED) is 0.813. The summed E-state index contributed by atoms with van der Waals surface area (Å²) in [5.74, 6) is 1.25. The van der Waals surface area contributed by atoms with Crippen molar-refractivity contribution in [2.45, 2.75) is 52.1 Å². The number of hydrogen-bond acceptors (Lipinski definition) is 5. The molecule has 1 fully saturated rings. The van der Waals surface area contributed by atoms with Gasteiger partial charge in [0.05, 0.1) is 30.4 Å². The van der Waals surface area contributed by atoms with E-state index in [-0.39, 0.29) is 5.92 Å². The van der Waals surface area contributed by atoms with Gasteiger partial charge in [0, 0.05) is 11.3 Å². The summed E-state index contributed by atoms with van der Waals surface area (Å²) in [6.07, 6.45) is 2.31. The molecule has 1 saturated carbocycles. The van der Waals surface area contributed by atoms with Gasteiger partial charge in [-0.3, -0.25) is 0 Å². The molecule has 0 spiro atoms. The Morgan fingerprint density at radius 1 is 1.14 bits per heavy atom. The Kier molecular flexibility index (Phi) is 5.68. The van der Waals surface area contributed by atoms with Crippen LogP contribution in [0.25, 0.3) is 0 Å². The summed E-state index contributed by atoms with van der Waals surface area (Å²) in [6, 6.07) is 8.99. The number of aliphatic hydroxyl groups excluding tert-OH is 1. The number of hydrogen-bond donors (Lipinski definition) is 1. The molecule has 0 amide bonds. The Morgan fingerprint density at radius 3 is 2.21 bits per heavy atom. The maximum absolute atomic E-state index is 11.4. The predicted octanol–water partition coefficient (Wildman–Crippen LogP) is 4.30. The number of pyridine rings is 1. The lowest BCUT2D eigenvalue weighted by molar-refractivity contribution is 0.216. The number of aliphatic hydroxyl groups is 1. The van der Waals surface area contributed by atoms with Crippen LogP contribution >= 0.6 is 0 Å². The van der Waals surface area contributed by atoms with Crippen LogP contribution in [0, 0.1) is 35.5 Å². The molecule has 1 aromatic heterocycles. The van der Waals surface area contributed by atoms with E-state index in [4.69, 9.17) is 4.74 Å². The molecule has 0 saturated heterocycles. The second kappa shape index (κ2) is 8.00. The number of nitriles is 2. The summed E-state index contributed by atoms with van der Waals surface area (Å²) in [7, 11) is 1.59. The summed E-state index contributed by atoms with van der Waals surface area (Å²) >= 11 is 0. The Morgan fingerprint density at radius 2 is 1.75 bits per heavy atom. The van der Waals surface area contributed by atoms with E-state index >= 15 is 0 Å². The van der Waals surface area contributed by atoms with Crippen molar-refractivity contribution >= 4 is 0 Å². The third kappa shape index (κ3) is 3.86. The topological polar surface area (TPSA) is 89.9 Å². The van der Waals surface area contributed by atoms with Crippen LogP contribution < -0.4 is 4.74 Å². The fourth-order valence-electron chi connectivity index (χ4n) is 3.75. The van der Waals surface area contributed by atoms with Gasteiger partial charge in [-0.1, -0.05) is 13.8 Å². The Bertz CT molecular complexity index is 947. The lowest BCUT2D eigenvalue weighted by Crippen LogP contribution is -2.15. The summed E-state index contributed by atoms with van der Waals surface area (Å²) in [5, 5.41) is 30.0. The summed E-state index contributed by atoms with van der Waals surface area (Å²) in [5.41, 5.74) is 4.88. The van der Waals surface area contributed by atoms with Gasteiger partial charge >= 0.3 is 0 Å². The molecule has 0 bridgehead atoms. The van der Waals surface area contributed by atoms with Crippen molar-refractivity contribution in [2.24, 2.45) is 5.92 Å². The van der Waals surface area contributed by atoms with E-state index in [1.165, 1.54) is 18.9 Å². The highest BCUT2D eigenvalue weighted by molar-refractivity contribution is 5.52. The van der Waals surface area contributed by atoms with Gasteiger partial charge in [-0.2, -0.15) is 10.5 Å². The second-order valence-corrected chi connectivity index (χ2v) is 7.78. The summed E-state index contributed by atoms with van der Waals surface area (Å²) in [4.78, 5) is 4.66. The average molecular weight is 375 g/mol. The van der Waals surface area contributed by atoms with E-state index in [1.54, 1.807) is 19.2 Å². The van der Waals surface area contributed by atoms with E-state index in [9.17, 15) is 15.6 Å².